The quantitative estimate of drug-likeness (QED) is 0.168. The van der Waals surface area contributed by atoms with Gasteiger partial charge in [-0.05, 0) is 41.5 Å². The van der Waals surface area contributed by atoms with Gasteiger partial charge >= 0.3 is 5.97 Å². The van der Waals surface area contributed by atoms with E-state index in [1.165, 1.54) is 7.11 Å². The Morgan fingerprint density at radius 3 is 2.29 bits per heavy atom. The zero-order valence-corrected chi connectivity index (χ0v) is 20.0. The average molecular weight is 478 g/mol. The molecule has 184 valence electrons. The lowest BCUT2D eigenvalue weighted by Crippen LogP contribution is -2.33. The Morgan fingerprint density at radius 1 is 0.914 bits per heavy atom. The van der Waals surface area contributed by atoms with Crippen LogP contribution in [0.25, 0.3) is 11.6 Å². The summed E-state index contributed by atoms with van der Waals surface area (Å²) >= 11 is 0. The zero-order valence-electron chi connectivity index (χ0n) is 20.0. The maximum atomic E-state index is 12.3. The standard InChI is InChI=1S/C28H31NO6/c1-32-26-10-6-7-11-27(26)34-17-16-29-19-23(30)20-35-24-14-12-22(13-15-24)25(28(31)33-2)18-21-8-4-3-5-9-21/h3-15,18,23,29-30H,16-17,19-20H2,1-2H3. The molecule has 3 aromatic carbocycles. The molecule has 0 aliphatic heterocycles. The average Bonchev–Trinajstić information content (AvgIpc) is 2.91. The van der Waals surface area contributed by atoms with E-state index in [1.807, 2.05) is 54.6 Å². The minimum absolute atomic E-state index is 0.128. The molecule has 0 saturated heterocycles. The van der Waals surface area contributed by atoms with Gasteiger partial charge in [0, 0.05) is 13.1 Å². The van der Waals surface area contributed by atoms with Crippen LogP contribution in [-0.2, 0) is 9.53 Å². The van der Waals surface area contributed by atoms with Gasteiger partial charge in [-0.15, -0.1) is 0 Å². The summed E-state index contributed by atoms with van der Waals surface area (Å²) < 4.78 is 21.6. The normalized spacial score (nSPS) is 12.0. The highest BCUT2D eigenvalue weighted by molar-refractivity contribution is 6.21. The van der Waals surface area contributed by atoms with Gasteiger partial charge in [0.1, 0.15) is 25.1 Å². The molecular weight excluding hydrogens is 446 g/mol. The molecule has 7 nitrogen and oxygen atoms in total. The third-order valence-corrected chi connectivity index (χ3v) is 5.11. The second kappa shape index (κ2) is 13.8. The van der Waals surface area contributed by atoms with Crippen molar-refractivity contribution >= 4 is 17.6 Å². The van der Waals surface area contributed by atoms with E-state index in [1.54, 1.807) is 37.5 Å². The Labute approximate surface area is 205 Å². The van der Waals surface area contributed by atoms with Crippen LogP contribution in [-0.4, -0.2) is 57.7 Å². The second-order valence-corrected chi connectivity index (χ2v) is 7.65. The lowest BCUT2D eigenvalue weighted by molar-refractivity contribution is -0.133. The SMILES string of the molecule is COC(=O)C(=Cc1ccccc1)c1ccc(OCC(O)CNCCOc2ccccc2OC)cc1. The van der Waals surface area contributed by atoms with Crippen LogP contribution in [0.4, 0.5) is 0 Å². The highest BCUT2D eigenvalue weighted by atomic mass is 16.5. The summed E-state index contributed by atoms with van der Waals surface area (Å²) in [5, 5.41) is 13.3. The third-order valence-electron chi connectivity index (χ3n) is 5.11. The van der Waals surface area contributed by atoms with Crippen LogP contribution in [0, 0.1) is 0 Å². The van der Waals surface area contributed by atoms with Crippen LogP contribution in [0.1, 0.15) is 11.1 Å². The van der Waals surface area contributed by atoms with Crippen LogP contribution in [0.3, 0.4) is 0 Å². The van der Waals surface area contributed by atoms with Gasteiger partial charge in [0.2, 0.25) is 0 Å². The Bertz CT molecular complexity index is 1080. The molecule has 3 rings (SSSR count). The van der Waals surface area contributed by atoms with Gasteiger partial charge in [0.25, 0.3) is 0 Å². The van der Waals surface area contributed by atoms with Gasteiger partial charge < -0.3 is 29.4 Å². The molecular formula is C28H31NO6. The molecule has 0 radical (unpaired) electrons. The number of hydrogen-bond donors (Lipinski definition) is 2. The van der Waals surface area contributed by atoms with E-state index in [9.17, 15) is 9.90 Å². The molecule has 0 heterocycles. The van der Waals surface area contributed by atoms with Gasteiger partial charge in [0.15, 0.2) is 11.5 Å². The number of carbonyl (C=O) groups excluding carboxylic acids is 1. The number of carbonyl (C=O) groups is 1. The molecule has 0 bridgehead atoms. The first-order valence-electron chi connectivity index (χ1n) is 11.3. The minimum Gasteiger partial charge on any atom is -0.493 e. The topological polar surface area (TPSA) is 86.3 Å². The largest absolute Gasteiger partial charge is 0.493 e. The first-order valence-corrected chi connectivity index (χ1v) is 11.3. The zero-order chi connectivity index (χ0) is 24.9. The lowest BCUT2D eigenvalue weighted by atomic mass is 10.0. The minimum atomic E-state index is -0.690. The van der Waals surface area contributed by atoms with E-state index < -0.39 is 12.1 Å². The Kier molecular flexibility index (Phi) is 10.2. The third kappa shape index (κ3) is 8.17. The fourth-order valence-corrected chi connectivity index (χ4v) is 3.31. The molecule has 0 fully saturated rings. The summed E-state index contributed by atoms with van der Waals surface area (Å²) in [5.41, 5.74) is 2.06. The first-order chi connectivity index (χ1) is 17.1. The van der Waals surface area contributed by atoms with E-state index in [-0.39, 0.29) is 6.61 Å². The predicted molar refractivity (Wildman–Crippen MR) is 136 cm³/mol. The van der Waals surface area contributed by atoms with E-state index in [4.69, 9.17) is 18.9 Å². The number of rotatable bonds is 13. The molecule has 0 aliphatic carbocycles. The van der Waals surface area contributed by atoms with Crippen LogP contribution < -0.4 is 19.5 Å². The Balaban J connectivity index is 1.44. The van der Waals surface area contributed by atoms with Crippen LogP contribution >= 0.6 is 0 Å². The van der Waals surface area contributed by atoms with Crippen LogP contribution in [0.15, 0.2) is 78.9 Å². The van der Waals surface area contributed by atoms with Crippen LogP contribution in [0.5, 0.6) is 17.2 Å². The molecule has 0 aromatic heterocycles. The van der Waals surface area contributed by atoms with Crippen LogP contribution in [0.2, 0.25) is 0 Å². The van der Waals surface area contributed by atoms with Gasteiger partial charge in [-0.25, -0.2) is 4.79 Å². The van der Waals surface area contributed by atoms with E-state index in [0.717, 1.165) is 5.56 Å². The summed E-state index contributed by atoms with van der Waals surface area (Å²) in [6.07, 6.45) is 1.10. The molecule has 0 saturated carbocycles. The number of ether oxygens (including phenoxy) is 4. The van der Waals surface area contributed by atoms with Crippen molar-refractivity contribution in [2.24, 2.45) is 0 Å². The molecule has 1 unspecified atom stereocenters. The van der Waals surface area contributed by atoms with E-state index in [0.29, 0.717) is 48.1 Å². The van der Waals surface area contributed by atoms with Crippen molar-refractivity contribution in [2.75, 3.05) is 40.5 Å². The summed E-state index contributed by atoms with van der Waals surface area (Å²) in [5.74, 6) is 1.54. The highest BCUT2D eigenvalue weighted by Gasteiger charge is 2.13. The number of nitrogens with one attached hydrogen (secondary N) is 1. The van der Waals surface area contributed by atoms with E-state index >= 15 is 0 Å². The molecule has 7 heteroatoms. The van der Waals surface area contributed by atoms with Crippen molar-refractivity contribution in [3.05, 3.63) is 90.0 Å². The molecule has 0 spiro atoms. The molecule has 1 atom stereocenters. The lowest BCUT2D eigenvalue weighted by Gasteiger charge is -2.14. The van der Waals surface area contributed by atoms with Crippen molar-refractivity contribution in [1.29, 1.82) is 0 Å². The Morgan fingerprint density at radius 2 is 1.60 bits per heavy atom. The molecule has 35 heavy (non-hydrogen) atoms. The second-order valence-electron chi connectivity index (χ2n) is 7.65. The number of aliphatic hydroxyl groups excluding tert-OH is 1. The van der Waals surface area contributed by atoms with Gasteiger partial charge in [-0.2, -0.15) is 0 Å². The number of para-hydroxylation sites is 2. The summed E-state index contributed by atoms with van der Waals surface area (Å²) in [6, 6.07) is 24.1. The highest BCUT2D eigenvalue weighted by Crippen LogP contribution is 2.25. The summed E-state index contributed by atoms with van der Waals surface area (Å²) in [7, 11) is 2.96. The summed E-state index contributed by atoms with van der Waals surface area (Å²) in [4.78, 5) is 12.3. The van der Waals surface area contributed by atoms with Crippen molar-refractivity contribution in [1.82, 2.24) is 5.32 Å². The summed E-state index contributed by atoms with van der Waals surface area (Å²) in [6.45, 7) is 1.49. The van der Waals surface area contributed by atoms with Crippen molar-refractivity contribution < 1.29 is 28.8 Å². The number of benzene rings is 3. The smallest absolute Gasteiger partial charge is 0.338 e. The first kappa shape index (κ1) is 25.8. The number of hydrogen-bond acceptors (Lipinski definition) is 7. The fourth-order valence-electron chi connectivity index (χ4n) is 3.31. The Hall–Kier alpha value is -3.81. The van der Waals surface area contributed by atoms with E-state index in [2.05, 4.69) is 5.32 Å². The maximum absolute atomic E-state index is 12.3. The molecule has 2 N–H and O–H groups in total. The van der Waals surface area contributed by atoms with Gasteiger partial charge in [0.05, 0.1) is 19.8 Å². The fraction of sp³-hybridized carbons (Fsp3) is 0.250. The number of aliphatic hydroxyl groups is 1. The van der Waals surface area contributed by atoms with Crippen molar-refractivity contribution in [3.63, 3.8) is 0 Å². The predicted octanol–water partition coefficient (Wildman–Crippen LogP) is 3.82. The van der Waals surface area contributed by atoms with Gasteiger partial charge in [-0.1, -0.05) is 54.6 Å². The molecule has 3 aromatic rings. The van der Waals surface area contributed by atoms with Gasteiger partial charge in [-0.3, -0.25) is 0 Å². The van der Waals surface area contributed by atoms with Crippen molar-refractivity contribution in [3.8, 4) is 17.2 Å². The molecule has 0 aliphatic rings. The molecule has 0 amide bonds. The monoisotopic (exact) mass is 477 g/mol. The maximum Gasteiger partial charge on any atom is 0.338 e. The van der Waals surface area contributed by atoms with Crippen molar-refractivity contribution in [2.45, 2.75) is 6.10 Å². The number of methoxy groups -OCH3 is 2. The number of esters is 1.